The molecule has 5 heteroatoms. The fourth-order valence-electron chi connectivity index (χ4n) is 13.5. The van der Waals surface area contributed by atoms with E-state index >= 15 is 0 Å². The van der Waals surface area contributed by atoms with E-state index in [2.05, 4.69) is 299 Å². The molecule has 0 aliphatic rings. The molecule has 0 atom stereocenters. The van der Waals surface area contributed by atoms with Gasteiger partial charge in [0.25, 0.3) is 0 Å². The Balaban J connectivity index is 0.983. The Bertz CT molecular complexity index is 4980. The number of benzene rings is 13. The van der Waals surface area contributed by atoms with Crippen molar-refractivity contribution in [1.82, 2.24) is 13.7 Å². The molecule has 0 saturated heterocycles. The molecule has 3 aromatic heterocycles. The predicted octanol–water partition coefficient (Wildman–Crippen LogP) is 20.7. The number of fused-ring (bicyclic) bond motifs is 9. The summed E-state index contributed by atoms with van der Waals surface area (Å²) >= 11 is 0. The Kier molecular flexibility index (Phi) is 11.6. The van der Waals surface area contributed by atoms with E-state index < -0.39 is 0 Å². The van der Waals surface area contributed by atoms with Crippen LogP contribution in [0.15, 0.2) is 297 Å². The van der Waals surface area contributed by atoms with Crippen molar-refractivity contribution in [3.05, 3.63) is 308 Å². The zero-order chi connectivity index (χ0) is 56.5. The maximum absolute atomic E-state index is 10.1. The van der Waals surface area contributed by atoms with Gasteiger partial charge < -0.3 is 13.7 Å². The molecule has 0 aliphatic carbocycles. The molecule has 0 spiro atoms. The molecule has 394 valence electrons. The number of hydrogen-bond acceptors (Lipinski definition) is 2. The Morgan fingerprint density at radius 3 is 0.741 bits per heavy atom. The highest BCUT2D eigenvalue weighted by Crippen LogP contribution is 2.56. The highest BCUT2D eigenvalue weighted by molar-refractivity contribution is 6.17. The second-order valence-electron chi connectivity index (χ2n) is 21.8. The first-order valence-electron chi connectivity index (χ1n) is 28.7. The lowest BCUT2D eigenvalue weighted by Gasteiger charge is -2.29. The topological polar surface area (TPSA) is 62.4 Å². The van der Waals surface area contributed by atoms with Gasteiger partial charge in [0.05, 0.1) is 56.4 Å². The van der Waals surface area contributed by atoms with Crippen molar-refractivity contribution in [1.29, 1.82) is 10.5 Å². The summed E-state index contributed by atoms with van der Waals surface area (Å²) in [5, 5.41) is 27.5. The third-order valence-electron chi connectivity index (χ3n) is 17.1. The van der Waals surface area contributed by atoms with Crippen LogP contribution < -0.4 is 0 Å². The zero-order valence-electron chi connectivity index (χ0n) is 46.0. The lowest BCUT2D eigenvalue weighted by Crippen LogP contribution is -2.02. The van der Waals surface area contributed by atoms with E-state index in [-0.39, 0.29) is 0 Å². The lowest BCUT2D eigenvalue weighted by atomic mass is 9.74. The third kappa shape index (κ3) is 7.91. The first kappa shape index (κ1) is 49.1. The standard InChI is InChI=1S/C80H49N5/c81-50-52-32-36-57(37-33-52)78-75(54-18-4-1-5-19-54)79(58-38-34-53(51-82)35-39-58)77(56-22-8-3-9-23-56)80(76(78)55-20-6-2-7-21-55)59-40-42-60(43-41-59)83-73-46-44-61(84-69-28-14-10-24-63(69)64-25-11-15-29-70(64)84)48-67(73)68-49-62(45-47-74(68)83)85-71-30-16-12-26-65(71)66-27-13-17-31-72(66)85/h1-49H. The number of hydrogen-bond donors (Lipinski definition) is 0. The quantitative estimate of drug-likeness (QED) is 0.145. The molecule has 0 radical (unpaired) electrons. The number of aromatic nitrogens is 3. The largest absolute Gasteiger partial charge is 0.309 e. The normalized spacial score (nSPS) is 11.5. The Labute approximate surface area is 491 Å². The molecule has 0 saturated carbocycles. The van der Waals surface area contributed by atoms with Crippen LogP contribution in [0.25, 0.3) is 149 Å². The molecule has 0 bridgehead atoms. The van der Waals surface area contributed by atoms with Crippen molar-refractivity contribution in [2.45, 2.75) is 0 Å². The number of nitrogens with zero attached hydrogens (tertiary/aromatic N) is 5. The van der Waals surface area contributed by atoms with E-state index in [0.717, 1.165) is 106 Å². The smallest absolute Gasteiger partial charge is 0.0991 e. The number of para-hydroxylation sites is 4. The van der Waals surface area contributed by atoms with E-state index in [0.29, 0.717) is 11.1 Å². The minimum atomic E-state index is 0.589. The monoisotopic (exact) mass is 1080 g/mol. The highest BCUT2D eigenvalue weighted by Gasteiger charge is 2.30. The minimum absolute atomic E-state index is 0.589. The van der Waals surface area contributed by atoms with Crippen LogP contribution in [0, 0.1) is 22.7 Å². The van der Waals surface area contributed by atoms with Crippen LogP contribution in [-0.4, -0.2) is 13.7 Å². The van der Waals surface area contributed by atoms with Gasteiger partial charge in [-0.2, -0.15) is 10.5 Å². The van der Waals surface area contributed by atoms with Gasteiger partial charge in [0.15, 0.2) is 0 Å². The highest BCUT2D eigenvalue weighted by atomic mass is 15.0. The summed E-state index contributed by atoms with van der Waals surface area (Å²) in [5.41, 5.74) is 23.8. The molecule has 0 N–H and O–H groups in total. The van der Waals surface area contributed by atoms with E-state index in [1.165, 1.54) is 43.6 Å². The molecule has 0 amide bonds. The van der Waals surface area contributed by atoms with Crippen LogP contribution >= 0.6 is 0 Å². The zero-order valence-corrected chi connectivity index (χ0v) is 46.0. The molecule has 0 unspecified atom stereocenters. The van der Waals surface area contributed by atoms with Crippen LogP contribution in [0.2, 0.25) is 0 Å². The van der Waals surface area contributed by atoms with E-state index in [1.807, 2.05) is 24.3 Å². The van der Waals surface area contributed by atoms with Crippen LogP contribution in [0.1, 0.15) is 11.1 Å². The molecule has 3 heterocycles. The molecule has 16 aromatic rings. The van der Waals surface area contributed by atoms with Gasteiger partial charge in [-0.15, -0.1) is 0 Å². The fraction of sp³-hybridized carbons (Fsp3) is 0. The molecule has 0 fully saturated rings. The van der Waals surface area contributed by atoms with Gasteiger partial charge >= 0.3 is 0 Å². The van der Waals surface area contributed by atoms with Crippen molar-refractivity contribution < 1.29 is 0 Å². The van der Waals surface area contributed by atoms with Crippen LogP contribution in [-0.2, 0) is 0 Å². The summed E-state index contributed by atoms with van der Waals surface area (Å²) in [6.45, 7) is 0. The molecular formula is C80H49N5. The van der Waals surface area contributed by atoms with Crippen LogP contribution in [0.5, 0.6) is 0 Å². The lowest BCUT2D eigenvalue weighted by molar-refractivity contribution is 1.16. The SMILES string of the molecule is N#Cc1ccc(-c2c(-c3ccccc3)c(-c3ccc(C#N)cc3)c(-c3ccccc3)c(-c3ccc(-n4c5ccc(-n6c7ccccc7c7ccccc76)cc5c5cc(-n6c7ccccc7c7ccccc76)ccc54)cc3)c2-c2ccccc2)cc1. The third-order valence-corrected chi connectivity index (χ3v) is 17.1. The van der Waals surface area contributed by atoms with Gasteiger partial charge in [-0.05, 0) is 164 Å². The number of nitriles is 2. The van der Waals surface area contributed by atoms with Crippen molar-refractivity contribution >= 4 is 65.4 Å². The minimum Gasteiger partial charge on any atom is -0.309 e. The summed E-state index contributed by atoms with van der Waals surface area (Å²) in [4.78, 5) is 0. The Morgan fingerprint density at radius 1 is 0.200 bits per heavy atom. The van der Waals surface area contributed by atoms with E-state index in [9.17, 15) is 10.5 Å². The summed E-state index contributed by atoms with van der Waals surface area (Å²) in [6.07, 6.45) is 0. The molecule has 13 aromatic carbocycles. The average Bonchev–Trinajstić information content (AvgIpc) is 2.08. The summed E-state index contributed by atoms with van der Waals surface area (Å²) in [6, 6.07) is 111. The van der Waals surface area contributed by atoms with Gasteiger partial charge in [0, 0.05) is 49.4 Å². The predicted molar refractivity (Wildman–Crippen MR) is 352 cm³/mol. The summed E-state index contributed by atoms with van der Waals surface area (Å²) in [5.74, 6) is 0. The van der Waals surface area contributed by atoms with Gasteiger partial charge in [-0.3, -0.25) is 0 Å². The van der Waals surface area contributed by atoms with Gasteiger partial charge in [-0.1, -0.05) is 200 Å². The van der Waals surface area contributed by atoms with Gasteiger partial charge in [0.1, 0.15) is 0 Å². The molecule has 0 aliphatic heterocycles. The van der Waals surface area contributed by atoms with Crippen molar-refractivity contribution in [2.24, 2.45) is 0 Å². The second-order valence-corrected chi connectivity index (χ2v) is 21.8. The number of rotatable bonds is 9. The molecule has 16 rings (SSSR count). The van der Waals surface area contributed by atoms with Crippen LogP contribution in [0.3, 0.4) is 0 Å². The van der Waals surface area contributed by atoms with Gasteiger partial charge in [0.2, 0.25) is 0 Å². The van der Waals surface area contributed by atoms with Crippen LogP contribution in [0.4, 0.5) is 0 Å². The second kappa shape index (κ2) is 20.0. The van der Waals surface area contributed by atoms with E-state index in [4.69, 9.17) is 0 Å². The average molecular weight is 1080 g/mol. The first-order valence-corrected chi connectivity index (χ1v) is 28.7. The van der Waals surface area contributed by atoms with Gasteiger partial charge in [-0.25, -0.2) is 0 Å². The fourth-order valence-corrected chi connectivity index (χ4v) is 13.5. The molecule has 5 nitrogen and oxygen atoms in total. The first-order chi connectivity index (χ1) is 42.1. The molecule has 85 heavy (non-hydrogen) atoms. The molecular weight excluding hydrogens is 1030 g/mol. The van der Waals surface area contributed by atoms with Crippen molar-refractivity contribution in [2.75, 3.05) is 0 Å². The Morgan fingerprint density at radius 2 is 0.435 bits per heavy atom. The maximum atomic E-state index is 10.1. The summed E-state index contributed by atoms with van der Waals surface area (Å²) in [7, 11) is 0. The summed E-state index contributed by atoms with van der Waals surface area (Å²) < 4.78 is 7.25. The van der Waals surface area contributed by atoms with E-state index in [1.54, 1.807) is 0 Å². The maximum Gasteiger partial charge on any atom is 0.0991 e. The Hall–Kier alpha value is -11.8. The van der Waals surface area contributed by atoms with Crippen molar-refractivity contribution in [3.63, 3.8) is 0 Å². The van der Waals surface area contributed by atoms with Crippen molar-refractivity contribution in [3.8, 4) is 96.0 Å².